The van der Waals surface area contributed by atoms with Gasteiger partial charge in [-0.05, 0) is 25.3 Å². The molecule has 0 unspecified atom stereocenters. The minimum Gasteiger partial charge on any atom is -0.386 e. The Kier molecular flexibility index (Phi) is 6.74. The molecule has 4 nitrogen and oxygen atoms in total. The Labute approximate surface area is 120 Å². The molecular weight excluding hydrogens is 286 g/mol. The Balaban J connectivity index is 2.51. The fraction of sp³-hybridized carbons (Fsp3) is 0.462. The van der Waals surface area contributed by atoms with Crippen LogP contribution in [0.1, 0.15) is 18.6 Å². The van der Waals surface area contributed by atoms with Crippen LogP contribution >= 0.6 is 11.8 Å². The van der Waals surface area contributed by atoms with Crippen molar-refractivity contribution in [2.45, 2.75) is 19.1 Å². The molecule has 0 spiro atoms. The van der Waals surface area contributed by atoms with Gasteiger partial charge in [0.25, 0.3) is 0 Å². The van der Waals surface area contributed by atoms with Crippen molar-refractivity contribution < 1.29 is 18.7 Å². The predicted molar refractivity (Wildman–Crippen MR) is 75.7 cm³/mol. The molecule has 0 saturated heterocycles. The molecule has 7 heteroatoms. The van der Waals surface area contributed by atoms with Crippen LogP contribution in [0.25, 0.3) is 0 Å². The van der Waals surface area contributed by atoms with Crippen molar-refractivity contribution in [3.63, 3.8) is 0 Å². The number of benzene rings is 1. The number of aliphatic hydroxyl groups excluding tert-OH is 1. The third-order valence-corrected chi connectivity index (χ3v) is 3.42. The summed E-state index contributed by atoms with van der Waals surface area (Å²) in [6.45, 7) is 1.57. The number of nitrogens with one attached hydrogen (secondary N) is 2. The van der Waals surface area contributed by atoms with Crippen LogP contribution in [0.2, 0.25) is 0 Å². The van der Waals surface area contributed by atoms with Gasteiger partial charge in [0.2, 0.25) is 0 Å². The van der Waals surface area contributed by atoms with E-state index in [9.17, 15) is 18.7 Å². The summed E-state index contributed by atoms with van der Waals surface area (Å²) in [4.78, 5) is 11.5. The summed E-state index contributed by atoms with van der Waals surface area (Å²) in [5.74, 6) is -0.927. The summed E-state index contributed by atoms with van der Waals surface area (Å²) in [5, 5.41) is 14.8. The largest absolute Gasteiger partial charge is 0.386 e. The summed E-state index contributed by atoms with van der Waals surface area (Å²) in [5.41, 5.74) is -0.440. The highest BCUT2D eigenvalue weighted by molar-refractivity contribution is 7.98. The van der Waals surface area contributed by atoms with E-state index in [0.29, 0.717) is 0 Å². The molecule has 2 amide bonds. The molecule has 1 rings (SSSR count). The smallest absolute Gasteiger partial charge is 0.315 e. The summed E-state index contributed by atoms with van der Waals surface area (Å²) in [7, 11) is 0. The minimum atomic E-state index is -1.43. The van der Waals surface area contributed by atoms with Gasteiger partial charge >= 0.3 is 6.03 Å². The van der Waals surface area contributed by atoms with E-state index in [1.54, 1.807) is 11.8 Å². The van der Waals surface area contributed by atoms with Crippen LogP contribution < -0.4 is 10.6 Å². The second kappa shape index (κ2) is 8.06. The van der Waals surface area contributed by atoms with Crippen molar-refractivity contribution in [1.29, 1.82) is 0 Å². The van der Waals surface area contributed by atoms with Crippen molar-refractivity contribution in [3.05, 3.63) is 35.4 Å². The fourth-order valence-electron chi connectivity index (χ4n) is 1.69. The summed E-state index contributed by atoms with van der Waals surface area (Å²) in [6, 6.07) is 2.81. The second-order valence-corrected chi connectivity index (χ2v) is 5.27. The molecule has 0 fully saturated rings. The monoisotopic (exact) mass is 304 g/mol. The van der Waals surface area contributed by atoms with Crippen LogP contribution in [-0.2, 0) is 0 Å². The Morgan fingerprint density at radius 1 is 1.40 bits per heavy atom. The van der Waals surface area contributed by atoms with Gasteiger partial charge in [0.05, 0.1) is 5.56 Å². The third-order valence-electron chi connectivity index (χ3n) is 2.58. The molecule has 20 heavy (non-hydrogen) atoms. The first-order valence-corrected chi connectivity index (χ1v) is 7.50. The molecule has 1 aromatic rings. The molecule has 3 N–H and O–H groups in total. The van der Waals surface area contributed by atoms with Crippen LogP contribution in [0.5, 0.6) is 0 Å². The van der Waals surface area contributed by atoms with Crippen LogP contribution in [0.15, 0.2) is 18.2 Å². The quantitative estimate of drug-likeness (QED) is 0.754. The second-order valence-electron chi connectivity index (χ2n) is 4.36. The molecule has 2 atom stereocenters. The molecule has 0 saturated carbocycles. The van der Waals surface area contributed by atoms with Crippen molar-refractivity contribution in [2.24, 2.45) is 0 Å². The zero-order valence-electron chi connectivity index (χ0n) is 11.3. The number of hydrogen-bond acceptors (Lipinski definition) is 3. The van der Waals surface area contributed by atoms with Gasteiger partial charge in [-0.1, -0.05) is 6.07 Å². The van der Waals surface area contributed by atoms with E-state index in [4.69, 9.17) is 0 Å². The van der Waals surface area contributed by atoms with E-state index in [2.05, 4.69) is 10.6 Å². The molecule has 0 aliphatic heterocycles. The molecule has 0 heterocycles. The zero-order valence-corrected chi connectivity index (χ0v) is 12.1. The zero-order chi connectivity index (χ0) is 15.1. The highest BCUT2D eigenvalue weighted by atomic mass is 32.2. The van der Waals surface area contributed by atoms with Crippen molar-refractivity contribution >= 4 is 17.8 Å². The van der Waals surface area contributed by atoms with E-state index in [0.717, 1.165) is 17.9 Å². The Hall–Kier alpha value is -1.34. The molecule has 0 radical (unpaired) electrons. The van der Waals surface area contributed by atoms with Crippen molar-refractivity contribution in [3.8, 4) is 0 Å². The first kappa shape index (κ1) is 16.7. The first-order valence-electron chi connectivity index (χ1n) is 6.11. The molecule has 0 aliphatic carbocycles. The normalized spacial score (nSPS) is 13.7. The highest BCUT2D eigenvalue weighted by Crippen LogP contribution is 2.19. The van der Waals surface area contributed by atoms with Crippen LogP contribution in [0.3, 0.4) is 0 Å². The highest BCUT2D eigenvalue weighted by Gasteiger charge is 2.18. The number of urea groups is 1. The number of carbonyl (C=O) groups is 1. The van der Waals surface area contributed by atoms with Crippen molar-refractivity contribution in [1.82, 2.24) is 10.6 Å². The summed E-state index contributed by atoms with van der Waals surface area (Å²) in [6.07, 6.45) is 0.485. The van der Waals surface area contributed by atoms with E-state index in [1.165, 1.54) is 6.07 Å². The Morgan fingerprint density at radius 3 is 2.55 bits per heavy atom. The van der Waals surface area contributed by atoms with Gasteiger partial charge in [0, 0.05) is 18.3 Å². The van der Waals surface area contributed by atoms with Gasteiger partial charge in [-0.3, -0.25) is 0 Å². The van der Waals surface area contributed by atoms with E-state index in [-0.39, 0.29) is 12.6 Å². The number of halogens is 2. The van der Waals surface area contributed by atoms with Crippen LogP contribution in [0.4, 0.5) is 13.6 Å². The lowest BCUT2D eigenvalue weighted by Gasteiger charge is -2.16. The Bertz CT molecular complexity index is 440. The molecule has 0 aromatic heterocycles. The van der Waals surface area contributed by atoms with Gasteiger partial charge in [-0.25, -0.2) is 13.6 Å². The van der Waals surface area contributed by atoms with Gasteiger partial charge in [-0.15, -0.1) is 0 Å². The Morgan fingerprint density at radius 2 is 2.00 bits per heavy atom. The molecular formula is C13H18F2N2O2S. The summed E-state index contributed by atoms with van der Waals surface area (Å²) >= 11 is 1.59. The number of thioether (sulfide) groups is 1. The molecule has 0 aliphatic rings. The van der Waals surface area contributed by atoms with Gasteiger partial charge in [-0.2, -0.15) is 11.8 Å². The average Bonchev–Trinajstić information content (AvgIpc) is 2.36. The number of aliphatic hydroxyl groups is 1. The fourth-order valence-corrected chi connectivity index (χ4v) is 2.27. The van der Waals surface area contributed by atoms with E-state index >= 15 is 0 Å². The van der Waals surface area contributed by atoms with Crippen molar-refractivity contribution in [2.75, 3.05) is 18.6 Å². The van der Waals surface area contributed by atoms with Gasteiger partial charge in [0.1, 0.15) is 17.7 Å². The maximum Gasteiger partial charge on any atom is 0.315 e. The maximum absolute atomic E-state index is 13.4. The molecule has 112 valence electrons. The first-order chi connectivity index (χ1) is 9.45. The maximum atomic E-state index is 13.4. The number of rotatable bonds is 6. The third kappa shape index (κ3) is 4.97. The number of amides is 2. The van der Waals surface area contributed by atoms with E-state index < -0.39 is 29.3 Å². The van der Waals surface area contributed by atoms with Crippen LogP contribution in [0, 0.1) is 11.6 Å². The number of carbonyl (C=O) groups excluding carboxylic acids is 1. The summed E-state index contributed by atoms with van der Waals surface area (Å²) < 4.78 is 26.8. The lowest BCUT2D eigenvalue weighted by Crippen LogP contribution is -2.43. The standard InChI is InChI=1S/C13H18F2N2O2S/c1-8(7-20-2)17-13(19)16-6-11(18)12-9(14)4-3-5-10(12)15/h3-5,8,11,18H,6-7H2,1-2H3,(H2,16,17,19)/t8-,11+/m1/s1. The topological polar surface area (TPSA) is 61.4 Å². The lowest BCUT2D eigenvalue weighted by molar-refractivity contribution is 0.164. The van der Waals surface area contributed by atoms with E-state index in [1.807, 2.05) is 13.2 Å². The average molecular weight is 304 g/mol. The van der Waals surface area contributed by atoms with Gasteiger partial charge < -0.3 is 15.7 Å². The van der Waals surface area contributed by atoms with Crippen LogP contribution in [-0.4, -0.2) is 35.7 Å². The SMILES string of the molecule is CSC[C@@H](C)NC(=O)NC[C@H](O)c1c(F)cccc1F. The lowest BCUT2D eigenvalue weighted by atomic mass is 10.1. The molecule has 1 aromatic carbocycles. The molecule has 0 bridgehead atoms. The number of hydrogen-bond donors (Lipinski definition) is 3. The van der Waals surface area contributed by atoms with Gasteiger partial charge in [0.15, 0.2) is 0 Å². The predicted octanol–water partition coefficient (Wildman–Crippen LogP) is 2.05. The minimum absolute atomic E-state index is 0.0349.